The molecular formula is C41H44F2N10O10P2S. The average molecular weight is 969 g/mol. The Hall–Kier alpha value is -5.45. The molecule has 10 atom stereocenters. The summed E-state index contributed by atoms with van der Waals surface area (Å²) in [4.78, 5) is 62.8. The van der Waals surface area contributed by atoms with E-state index in [0.717, 1.165) is 0 Å². The number of ether oxygens (including phenoxy) is 2. The van der Waals surface area contributed by atoms with Gasteiger partial charge in [-0.3, -0.25) is 28.5 Å². The lowest BCUT2D eigenvalue weighted by atomic mass is 10.1. The van der Waals surface area contributed by atoms with Gasteiger partial charge in [-0.25, -0.2) is 33.7 Å². The minimum Gasteiger partial charge on any atom is -0.394 e. The summed E-state index contributed by atoms with van der Waals surface area (Å²) in [5.74, 6) is -0.210. The summed E-state index contributed by atoms with van der Waals surface area (Å²) in [7, 11) is -3.74. The van der Waals surface area contributed by atoms with Gasteiger partial charge in [0.05, 0.1) is 26.2 Å². The number of rotatable bonds is 18. The van der Waals surface area contributed by atoms with E-state index in [1.165, 1.54) is 51.0 Å². The zero-order valence-electron chi connectivity index (χ0n) is 35.0. The highest BCUT2D eigenvalue weighted by Crippen LogP contribution is 2.51. The second kappa shape index (κ2) is 20.2. The molecule has 8 rings (SSSR count). The first-order chi connectivity index (χ1) is 31.8. The summed E-state index contributed by atoms with van der Waals surface area (Å²) in [6.45, 7) is 4.31. The van der Waals surface area contributed by atoms with Crippen LogP contribution in [-0.4, -0.2) is 134 Å². The SMILES string of the molecule is C=CCN(C(=O)c1ccccc1)c1ncnc2c1NCN2C1O[C@H](CO)[C@@H](OP(C)(=S)OC[C@H]2O[C@@H](n3cnc4c(N(CC=C)C(=O)c5ccccc5)ncnc43)[C@H](F)[C@@H]2O[PH](=O)O)[C@H]1F. The monoisotopic (exact) mass is 968 g/mol. The van der Waals surface area contributed by atoms with Crippen molar-refractivity contribution in [1.29, 1.82) is 0 Å². The third kappa shape index (κ3) is 9.41. The molecule has 6 heterocycles. The first kappa shape index (κ1) is 47.1. The number of nitrogens with one attached hydrogen (secondary N) is 1. The molecule has 25 heteroatoms. The molecule has 2 amide bonds. The Morgan fingerprint density at radius 3 is 2.12 bits per heavy atom. The molecule has 0 aliphatic carbocycles. The maximum Gasteiger partial charge on any atom is 0.317 e. The van der Waals surface area contributed by atoms with E-state index < -0.39 is 83.1 Å². The lowest BCUT2D eigenvalue weighted by molar-refractivity contribution is -0.0426. The van der Waals surface area contributed by atoms with Crippen molar-refractivity contribution in [2.45, 2.75) is 49.2 Å². The molecule has 3 N–H and O–H groups in total. The van der Waals surface area contributed by atoms with E-state index in [0.29, 0.717) is 16.8 Å². The van der Waals surface area contributed by atoms with Gasteiger partial charge < -0.3 is 43.3 Å². The number of benzene rings is 2. The molecular weight excluding hydrogens is 925 g/mol. The third-order valence-corrected chi connectivity index (χ3v) is 13.1. The molecule has 0 saturated carbocycles. The molecule has 66 heavy (non-hydrogen) atoms. The number of aliphatic hydroxyl groups excluding tert-OH is 1. The van der Waals surface area contributed by atoms with Crippen LogP contribution in [-0.2, 0) is 39.4 Å². The zero-order valence-corrected chi connectivity index (χ0v) is 37.7. The van der Waals surface area contributed by atoms with Gasteiger partial charge in [0.2, 0.25) is 0 Å². The number of carbonyl (C=O) groups is 2. The molecule has 0 radical (unpaired) electrons. The second-order valence-corrected chi connectivity index (χ2v) is 19.8. The van der Waals surface area contributed by atoms with Crippen LogP contribution in [0, 0.1) is 0 Å². The number of nitrogens with zero attached hydrogens (tertiary/aromatic N) is 9. The number of aromatic nitrogens is 6. The molecule has 3 aliphatic heterocycles. The van der Waals surface area contributed by atoms with Gasteiger partial charge in [0.15, 0.2) is 59.9 Å². The summed E-state index contributed by atoms with van der Waals surface area (Å²) < 4.78 is 75.5. The summed E-state index contributed by atoms with van der Waals surface area (Å²) in [5, 5.41) is 13.5. The number of carbonyl (C=O) groups excluding carboxylic acids is 2. The Kier molecular flexibility index (Phi) is 14.4. The van der Waals surface area contributed by atoms with Gasteiger partial charge in [0.1, 0.15) is 42.8 Å². The highest BCUT2D eigenvalue weighted by Gasteiger charge is 2.53. The molecule has 0 spiro atoms. The van der Waals surface area contributed by atoms with E-state index in [4.69, 9.17) is 34.9 Å². The van der Waals surface area contributed by atoms with Crippen molar-refractivity contribution >= 4 is 72.7 Å². The van der Waals surface area contributed by atoms with Crippen LogP contribution in [0.1, 0.15) is 26.9 Å². The van der Waals surface area contributed by atoms with Crippen molar-refractivity contribution in [3.8, 4) is 0 Å². The number of hydrogen-bond donors (Lipinski definition) is 3. The number of aliphatic hydroxyl groups is 1. The summed E-state index contributed by atoms with van der Waals surface area (Å²) >= 11 is 5.69. The molecule has 3 aliphatic rings. The summed E-state index contributed by atoms with van der Waals surface area (Å²) in [6, 6.07) is 17.1. The van der Waals surface area contributed by atoms with Crippen LogP contribution in [0.2, 0.25) is 0 Å². The van der Waals surface area contributed by atoms with E-state index in [9.17, 15) is 24.2 Å². The van der Waals surface area contributed by atoms with Gasteiger partial charge in [-0.1, -0.05) is 48.6 Å². The van der Waals surface area contributed by atoms with Gasteiger partial charge in [-0.15, -0.1) is 13.2 Å². The molecule has 5 aromatic rings. The van der Waals surface area contributed by atoms with Crippen LogP contribution in [0.4, 0.5) is 31.9 Å². The fourth-order valence-corrected chi connectivity index (χ4v) is 10.0. The van der Waals surface area contributed by atoms with Crippen LogP contribution < -0.4 is 20.0 Å². The fourth-order valence-electron chi connectivity index (χ4n) is 7.87. The number of fused-ring (bicyclic) bond motifs is 2. The predicted molar refractivity (Wildman–Crippen MR) is 242 cm³/mol. The van der Waals surface area contributed by atoms with E-state index >= 15 is 8.78 Å². The first-order valence-corrected chi connectivity index (χ1v) is 24.7. The van der Waals surface area contributed by atoms with Crippen molar-refractivity contribution in [1.82, 2.24) is 29.5 Å². The largest absolute Gasteiger partial charge is 0.394 e. The quantitative estimate of drug-likeness (QED) is 0.0807. The van der Waals surface area contributed by atoms with Crippen LogP contribution >= 0.6 is 14.7 Å². The van der Waals surface area contributed by atoms with Crippen molar-refractivity contribution in [3.63, 3.8) is 0 Å². The number of imidazole rings is 1. The smallest absolute Gasteiger partial charge is 0.317 e. The molecule has 20 nitrogen and oxygen atoms in total. The van der Waals surface area contributed by atoms with Gasteiger partial charge in [0, 0.05) is 30.9 Å². The maximum atomic E-state index is 16.6. The molecule has 3 unspecified atom stereocenters. The van der Waals surface area contributed by atoms with E-state index in [1.807, 2.05) is 0 Å². The number of alkyl halides is 2. The molecule has 2 aromatic carbocycles. The van der Waals surface area contributed by atoms with Crippen molar-refractivity contribution in [2.24, 2.45) is 0 Å². The molecule has 2 saturated heterocycles. The van der Waals surface area contributed by atoms with Crippen LogP contribution in [0.25, 0.3) is 11.2 Å². The Morgan fingerprint density at radius 1 is 0.909 bits per heavy atom. The minimum absolute atomic E-state index is 0.0202. The standard InChI is InChI=1S/C41H44F2N10O10P2S/c1-4-16-50(38(55)24-12-8-6-9-13-24)34-30-36(46-20-44-34)52(22-48-30)40-28(42)32(62-64(57)58)27(61-40)19-59-65(3,66)63-33-26(18-54)60-41(29(33)43)53-23-49-31-35(45-21-47-37(31)53)51(17-5-2)39(56)25-14-10-7-11-15-25/h4-15,20-22,26-29,32-33,40-41,49,54,64H,1-2,16-19,23H2,3H3,(H,57,58)/t26-,27-,28-,29-,32-,33-,40-,41?,65?/m1/s1. The van der Waals surface area contributed by atoms with E-state index in [-0.39, 0.29) is 54.3 Å². The van der Waals surface area contributed by atoms with E-state index in [1.54, 1.807) is 66.7 Å². The van der Waals surface area contributed by atoms with Crippen molar-refractivity contribution < 1.29 is 56.0 Å². The van der Waals surface area contributed by atoms with Crippen LogP contribution in [0.3, 0.4) is 0 Å². The number of amides is 2. The van der Waals surface area contributed by atoms with Crippen molar-refractivity contribution in [3.05, 3.63) is 116 Å². The molecule has 2 fully saturated rings. The van der Waals surface area contributed by atoms with Crippen LogP contribution in [0.5, 0.6) is 0 Å². The van der Waals surface area contributed by atoms with E-state index in [2.05, 4.69) is 43.4 Å². The Balaban J connectivity index is 0.975. The first-order valence-electron chi connectivity index (χ1n) is 20.3. The predicted octanol–water partition coefficient (Wildman–Crippen LogP) is 4.57. The second-order valence-electron chi connectivity index (χ2n) is 15.0. The zero-order chi connectivity index (χ0) is 46.7. The van der Waals surface area contributed by atoms with Gasteiger partial charge in [-0.2, -0.15) is 0 Å². The Bertz CT molecular complexity index is 2660. The molecule has 0 bridgehead atoms. The summed E-state index contributed by atoms with van der Waals surface area (Å²) in [5.41, 5.74) is 1.30. The molecule has 348 valence electrons. The van der Waals surface area contributed by atoms with Crippen molar-refractivity contribution in [2.75, 3.05) is 59.7 Å². The number of hydrogen-bond acceptors (Lipinski definition) is 17. The lowest BCUT2D eigenvalue weighted by Gasteiger charge is -2.28. The Labute approximate surface area is 382 Å². The lowest BCUT2D eigenvalue weighted by Crippen LogP contribution is -2.42. The van der Waals surface area contributed by atoms with Gasteiger partial charge in [0.25, 0.3) is 11.8 Å². The number of anilines is 4. The number of halogens is 2. The topological polar surface area (TPSA) is 229 Å². The fraction of sp³-hybridized carbons (Fsp3) is 0.341. The maximum absolute atomic E-state index is 16.6. The van der Waals surface area contributed by atoms with Crippen LogP contribution in [0.15, 0.2) is 105 Å². The Morgan fingerprint density at radius 2 is 1.50 bits per heavy atom. The average Bonchev–Trinajstić information content (AvgIpc) is 4.10. The van der Waals surface area contributed by atoms with Gasteiger partial charge >= 0.3 is 8.25 Å². The van der Waals surface area contributed by atoms with Gasteiger partial charge in [-0.05, 0) is 36.1 Å². The molecule has 3 aromatic heterocycles. The highest BCUT2D eigenvalue weighted by atomic mass is 32.5. The minimum atomic E-state index is -3.74. The third-order valence-electron chi connectivity index (χ3n) is 10.8. The highest BCUT2D eigenvalue weighted by molar-refractivity contribution is 8.09. The summed E-state index contributed by atoms with van der Waals surface area (Å²) in [6.07, 6.45) is -6.00. The normalized spacial score (nSPS) is 24.9.